The summed E-state index contributed by atoms with van der Waals surface area (Å²) in [6.45, 7) is 6.72. The van der Waals surface area contributed by atoms with Crippen molar-refractivity contribution >= 4 is 23.6 Å². The summed E-state index contributed by atoms with van der Waals surface area (Å²) in [6, 6.07) is 11.8. The second-order valence-electron chi connectivity index (χ2n) is 7.78. The van der Waals surface area contributed by atoms with Crippen LogP contribution in [-0.4, -0.2) is 52.8 Å². The van der Waals surface area contributed by atoms with Gasteiger partial charge < -0.3 is 9.80 Å². The minimum atomic E-state index is 0.0445. The molecule has 0 N–H and O–H groups in total. The molecule has 0 saturated carbocycles. The van der Waals surface area contributed by atoms with Crippen LogP contribution in [0.1, 0.15) is 42.6 Å². The molecule has 3 rings (SSSR count). The van der Waals surface area contributed by atoms with Crippen LogP contribution in [0.4, 0.5) is 0 Å². The normalized spacial score (nSPS) is 14.3. The molecule has 1 aliphatic heterocycles. The van der Waals surface area contributed by atoms with Crippen molar-refractivity contribution in [2.75, 3.05) is 26.2 Å². The van der Waals surface area contributed by atoms with Crippen molar-refractivity contribution in [3.63, 3.8) is 0 Å². The third kappa shape index (κ3) is 6.32. The maximum absolute atomic E-state index is 12.8. The van der Waals surface area contributed by atoms with E-state index in [9.17, 15) is 9.59 Å². The van der Waals surface area contributed by atoms with Gasteiger partial charge >= 0.3 is 0 Å². The Hall–Kier alpha value is -2.34. The topological polar surface area (TPSA) is 53.5 Å². The molecule has 1 aromatic carbocycles. The van der Waals surface area contributed by atoms with Gasteiger partial charge in [0.1, 0.15) is 0 Å². The fourth-order valence-electron chi connectivity index (χ4n) is 3.26. The molecule has 6 heteroatoms. The van der Waals surface area contributed by atoms with Crippen LogP contribution in [0.2, 0.25) is 0 Å². The predicted octanol–water partition coefficient (Wildman–Crippen LogP) is 4.09. The number of carbonyl (C=O) groups is 2. The molecule has 1 saturated heterocycles. The lowest BCUT2D eigenvalue weighted by Crippen LogP contribution is -2.50. The van der Waals surface area contributed by atoms with Gasteiger partial charge in [-0.1, -0.05) is 19.9 Å². The standard InChI is InChI=1S/C23H29N3O2S/c1-18(2)5-10-22(27)25-12-14-26(15-13-25)23(28)20-6-8-21(9-7-20)29-17-19-4-3-11-24-16-19/h3-4,6-9,11,16,18H,5,10,12-15,17H2,1-2H3. The Morgan fingerprint density at radius 1 is 1.03 bits per heavy atom. The van der Waals surface area contributed by atoms with E-state index in [1.165, 1.54) is 5.56 Å². The van der Waals surface area contributed by atoms with Gasteiger partial charge in [-0.05, 0) is 48.2 Å². The Labute approximate surface area is 177 Å². The van der Waals surface area contributed by atoms with Gasteiger partial charge in [-0.15, -0.1) is 11.8 Å². The minimum Gasteiger partial charge on any atom is -0.339 e. The van der Waals surface area contributed by atoms with Crippen molar-refractivity contribution < 1.29 is 9.59 Å². The molecule has 2 heterocycles. The molecule has 5 nitrogen and oxygen atoms in total. The first-order valence-corrected chi connectivity index (χ1v) is 11.2. The van der Waals surface area contributed by atoms with Gasteiger partial charge in [0, 0.05) is 61.2 Å². The number of piperazine rings is 1. The van der Waals surface area contributed by atoms with Crippen LogP contribution in [-0.2, 0) is 10.5 Å². The van der Waals surface area contributed by atoms with Gasteiger partial charge in [-0.2, -0.15) is 0 Å². The van der Waals surface area contributed by atoms with E-state index in [0.29, 0.717) is 44.1 Å². The van der Waals surface area contributed by atoms with Crippen molar-refractivity contribution in [3.8, 4) is 0 Å². The van der Waals surface area contributed by atoms with Gasteiger partial charge in [-0.3, -0.25) is 14.6 Å². The summed E-state index contributed by atoms with van der Waals surface area (Å²) in [6.07, 6.45) is 5.17. The first-order chi connectivity index (χ1) is 14.0. The third-order valence-electron chi connectivity index (χ3n) is 5.08. The summed E-state index contributed by atoms with van der Waals surface area (Å²) in [4.78, 5) is 34.1. The summed E-state index contributed by atoms with van der Waals surface area (Å²) < 4.78 is 0. The van der Waals surface area contributed by atoms with Gasteiger partial charge in [0.2, 0.25) is 5.91 Å². The Kier molecular flexibility index (Phi) is 7.69. The monoisotopic (exact) mass is 411 g/mol. The Balaban J connectivity index is 1.47. The zero-order chi connectivity index (χ0) is 20.6. The number of nitrogens with zero attached hydrogens (tertiary/aromatic N) is 3. The van der Waals surface area contributed by atoms with E-state index in [1.54, 1.807) is 18.0 Å². The van der Waals surface area contributed by atoms with E-state index < -0.39 is 0 Å². The van der Waals surface area contributed by atoms with E-state index >= 15 is 0 Å². The predicted molar refractivity (Wildman–Crippen MR) is 117 cm³/mol. The molecule has 2 aromatic rings. The van der Waals surface area contributed by atoms with E-state index in [2.05, 4.69) is 24.9 Å². The molecule has 0 spiro atoms. The van der Waals surface area contributed by atoms with Crippen LogP contribution in [0.3, 0.4) is 0 Å². The first kappa shape index (κ1) is 21.4. The lowest BCUT2D eigenvalue weighted by molar-refractivity contribution is -0.132. The zero-order valence-corrected chi connectivity index (χ0v) is 18.0. The number of amides is 2. The van der Waals surface area contributed by atoms with Gasteiger partial charge in [0.05, 0.1) is 0 Å². The Bertz CT molecular complexity index is 801. The Morgan fingerprint density at radius 3 is 2.34 bits per heavy atom. The van der Waals surface area contributed by atoms with Gasteiger partial charge in [-0.25, -0.2) is 0 Å². The average molecular weight is 412 g/mol. The van der Waals surface area contributed by atoms with Crippen molar-refractivity contribution in [2.45, 2.75) is 37.3 Å². The summed E-state index contributed by atoms with van der Waals surface area (Å²) in [5, 5.41) is 0. The summed E-state index contributed by atoms with van der Waals surface area (Å²) in [5.41, 5.74) is 1.88. The number of rotatable bonds is 7. The number of carbonyl (C=O) groups excluding carboxylic acids is 2. The highest BCUT2D eigenvalue weighted by atomic mass is 32.2. The number of thioether (sulfide) groups is 1. The number of benzene rings is 1. The van der Waals surface area contributed by atoms with Crippen molar-refractivity contribution in [1.82, 2.24) is 14.8 Å². The highest BCUT2D eigenvalue weighted by Gasteiger charge is 2.24. The maximum Gasteiger partial charge on any atom is 0.253 e. The SMILES string of the molecule is CC(C)CCC(=O)N1CCN(C(=O)c2ccc(SCc3cccnc3)cc2)CC1. The number of hydrogen-bond donors (Lipinski definition) is 0. The molecule has 154 valence electrons. The third-order valence-corrected chi connectivity index (χ3v) is 6.17. The summed E-state index contributed by atoms with van der Waals surface area (Å²) in [5.74, 6) is 1.64. The number of pyridine rings is 1. The van der Waals surface area contributed by atoms with Crippen molar-refractivity contribution in [1.29, 1.82) is 0 Å². The molecule has 1 aromatic heterocycles. The second-order valence-corrected chi connectivity index (χ2v) is 8.83. The van der Waals surface area contributed by atoms with E-state index in [4.69, 9.17) is 0 Å². The largest absolute Gasteiger partial charge is 0.339 e. The molecular formula is C23H29N3O2S. The van der Waals surface area contributed by atoms with E-state index in [-0.39, 0.29) is 11.8 Å². The molecule has 0 atom stereocenters. The number of aromatic nitrogens is 1. The lowest BCUT2D eigenvalue weighted by atomic mass is 10.1. The summed E-state index contributed by atoms with van der Waals surface area (Å²) >= 11 is 1.73. The minimum absolute atomic E-state index is 0.0445. The molecule has 1 aliphatic rings. The fraction of sp³-hybridized carbons (Fsp3) is 0.435. The number of hydrogen-bond acceptors (Lipinski definition) is 4. The van der Waals surface area contributed by atoms with Crippen molar-refractivity contribution in [3.05, 3.63) is 59.9 Å². The highest BCUT2D eigenvalue weighted by Crippen LogP contribution is 2.23. The highest BCUT2D eigenvalue weighted by molar-refractivity contribution is 7.98. The molecular weight excluding hydrogens is 382 g/mol. The molecule has 2 amide bonds. The molecule has 0 bridgehead atoms. The molecule has 0 aliphatic carbocycles. The van der Waals surface area contributed by atoms with Crippen LogP contribution in [0, 0.1) is 5.92 Å². The van der Waals surface area contributed by atoms with Crippen LogP contribution >= 0.6 is 11.8 Å². The van der Waals surface area contributed by atoms with E-state index in [0.717, 1.165) is 17.1 Å². The lowest BCUT2D eigenvalue weighted by Gasteiger charge is -2.35. The zero-order valence-electron chi connectivity index (χ0n) is 17.2. The maximum atomic E-state index is 12.8. The first-order valence-electron chi connectivity index (χ1n) is 10.2. The van der Waals surface area contributed by atoms with Gasteiger partial charge in [0.25, 0.3) is 5.91 Å². The smallest absolute Gasteiger partial charge is 0.253 e. The Morgan fingerprint density at radius 2 is 1.72 bits per heavy atom. The molecule has 29 heavy (non-hydrogen) atoms. The molecule has 1 fully saturated rings. The molecule has 0 radical (unpaired) electrons. The molecule has 0 unspecified atom stereocenters. The van der Waals surface area contributed by atoms with Crippen molar-refractivity contribution in [2.24, 2.45) is 5.92 Å². The van der Waals surface area contributed by atoms with Crippen LogP contribution < -0.4 is 0 Å². The van der Waals surface area contributed by atoms with Crippen LogP contribution in [0.15, 0.2) is 53.7 Å². The fourth-order valence-corrected chi connectivity index (χ4v) is 4.09. The van der Waals surface area contributed by atoms with E-state index in [1.807, 2.05) is 46.3 Å². The van der Waals surface area contributed by atoms with Crippen LogP contribution in [0.25, 0.3) is 0 Å². The second kappa shape index (κ2) is 10.4. The van der Waals surface area contributed by atoms with Gasteiger partial charge in [0.15, 0.2) is 0 Å². The quantitative estimate of drug-likeness (QED) is 0.644. The summed E-state index contributed by atoms with van der Waals surface area (Å²) in [7, 11) is 0. The average Bonchev–Trinajstić information content (AvgIpc) is 2.76. The van der Waals surface area contributed by atoms with Crippen LogP contribution in [0.5, 0.6) is 0 Å².